The smallest absolute Gasteiger partial charge is 0.411 e. The number of amides is 2. The van der Waals surface area contributed by atoms with Crippen molar-refractivity contribution < 1.29 is 14.3 Å². The fourth-order valence-electron chi connectivity index (χ4n) is 3.77. The third-order valence-corrected chi connectivity index (χ3v) is 4.83. The number of carbonyl (C=O) groups is 2. The predicted octanol–water partition coefficient (Wildman–Crippen LogP) is 2.44. The molecule has 2 N–H and O–H groups in total. The van der Waals surface area contributed by atoms with Crippen LogP contribution in [-0.4, -0.2) is 29.0 Å². The van der Waals surface area contributed by atoms with Crippen LogP contribution in [0, 0.1) is 5.92 Å². The molecule has 1 heterocycles. The number of ether oxygens (including phenoxy) is 1. The van der Waals surface area contributed by atoms with E-state index in [4.69, 9.17) is 10.5 Å². The number of primary amides is 1. The van der Waals surface area contributed by atoms with Gasteiger partial charge in [0.25, 0.3) is 0 Å². The minimum atomic E-state index is -0.517. The zero-order valence-corrected chi connectivity index (χ0v) is 12.6. The van der Waals surface area contributed by atoms with Crippen LogP contribution >= 0.6 is 0 Å². The number of carbonyl (C=O) groups excluding carboxylic acids is 2. The average Bonchev–Trinajstić information content (AvgIpc) is 2.93. The van der Waals surface area contributed by atoms with Gasteiger partial charge in [-0.15, -0.1) is 0 Å². The molecule has 3 rings (SSSR count). The number of hydrogen-bond acceptors (Lipinski definition) is 3. The second-order valence-corrected chi connectivity index (χ2v) is 6.21. The molecule has 5 heteroatoms. The lowest BCUT2D eigenvalue weighted by molar-refractivity contribution is -0.122. The van der Waals surface area contributed by atoms with Crippen LogP contribution in [0.4, 0.5) is 4.79 Å². The van der Waals surface area contributed by atoms with E-state index in [1.807, 2.05) is 30.3 Å². The SMILES string of the molecule is NC(=O)[C@@H]1C[C@@H]2CCCC[C@@H]2N1C(=O)OCc1ccccc1. The molecule has 0 aromatic heterocycles. The van der Waals surface area contributed by atoms with E-state index < -0.39 is 18.0 Å². The number of benzene rings is 1. The van der Waals surface area contributed by atoms with Crippen LogP contribution < -0.4 is 5.73 Å². The van der Waals surface area contributed by atoms with Crippen LogP contribution in [0.3, 0.4) is 0 Å². The van der Waals surface area contributed by atoms with E-state index in [0.717, 1.165) is 24.8 Å². The fourth-order valence-corrected chi connectivity index (χ4v) is 3.77. The predicted molar refractivity (Wildman–Crippen MR) is 81.8 cm³/mol. The highest BCUT2D eigenvalue weighted by atomic mass is 16.6. The summed E-state index contributed by atoms with van der Waals surface area (Å²) in [5, 5.41) is 0. The van der Waals surface area contributed by atoms with Crippen LogP contribution in [0.2, 0.25) is 0 Å². The summed E-state index contributed by atoms with van der Waals surface area (Å²) in [5.41, 5.74) is 6.44. The van der Waals surface area contributed by atoms with Crippen molar-refractivity contribution in [2.24, 2.45) is 11.7 Å². The maximum absolute atomic E-state index is 12.5. The molecule has 2 aliphatic rings. The van der Waals surface area contributed by atoms with E-state index in [1.54, 1.807) is 4.90 Å². The van der Waals surface area contributed by atoms with Gasteiger partial charge in [-0.3, -0.25) is 9.69 Å². The van der Waals surface area contributed by atoms with E-state index in [1.165, 1.54) is 6.42 Å². The lowest BCUT2D eigenvalue weighted by Gasteiger charge is -2.32. The van der Waals surface area contributed by atoms with E-state index >= 15 is 0 Å². The summed E-state index contributed by atoms with van der Waals surface area (Å²) < 4.78 is 5.42. The zero-order chi connectivity index (χ0) is 15.5. The maximum Gasteiger partial charge on any atom is 0.411 e. The summed E-state index contributed by atoms with van der Waals surface area (Å²) >= 11 is 0. The van der Waals surface area contributed by atoms with E-state index in [0.29, 0.717) is 12.3 Å². The summed E-state index contributed by atoms with van der Waals surface area (Å²) in [6.07, 6.45) is 4.53. The van der Waals surface area contributed by atoms with Gasteiger partial charge in [0.15, 0.2) is 0 Å². The van der Waals surface area contributed by atoms with Crippen molar-refractivity contribution in [3.05, 3.63) is 35.9 Å². The van der Waals surface area contributed by atoms with Crippen LogP contribution in [0.25, 0.3) is 0 Å². The highest BCUT2D eigenvalue weighted by molar-refractivity contribution is 5.85. The summed E-state index contributed by atoms with van der Waals surface area (Å²) in [6.45, 7) is 0.221. The van der Waals surface area contributed by atoms with Gasteiger partial charge < -0.3 is 10.5 Å². The molecule has 0 radical (unpaired) electrons. The van der Waals surface area contributed by atoms with Crippen molar-refractivity contribution in [1.29, 1.82) is 0 Å². The van der Waals surface area contributed by atoms with Gasteiger partial charge in [0.1, 0.15) is 12.6 Å². The molecule has 0 unspecified atom stereocenters. The van der Waals surface area contributed by atoms with Gasteiger partial charge in [-0.1, -0.05) is 43.2 Å². The first-order chi connectivity index (χ1) is 10.7. The van der Waals surface area contributed by atoms with Crippen molar-refractivity contribution >= 4 is 12.0 Å². The Bertz CT molecular complexity index is 546. The molecular formula is C17H22N2O3. The van der Waals surface area contributed by atoms with Gasteiger partial charge >= 0.3 is 6.09 Å². The number of fused-ring (bicyclic) bond motifs is 1. The first kappa shape index (κ1) is 14.9. The molecule has 1 saturated heterocycles. The third kappa shape index (κ3) is 2.93. The summed E-state index contributed by atoms with van der Waals surface area (Å²) in [7, 11) is 0. The molecular weight excluding hydrogens is 280 g/mol. The second-order valence-electron chi connectivity index (χ2n) is 6.21. The van der Waals surface area contributed by atoms with Gasteiger partial charge in [-0.2, -0.15) is 0 Å². The molecule has 1 aromatic carbocycles. The molecule has 0 bridgehead atoms. The molecule has 0 spiro atoms. The number of rotatable bonds is 3. The van der Waals surface area contributed by atoms with Crippen molar-refractivity contribution in [1.82, 2.24) is 4.90 Å². The molecule has 1 aliphatic carbocycles. The quantitative estimate of drug-likeness (QED) is 0.932. The molecule has 5 nitrogen and oxygen atoms in total. The van der Waals surface area contributed by atoms with Gasteiger partial charge in [0, 0.05) is 6.04 Å². The topological polar surface area (TPSA) is 72.6 Å². The van der Waals surface area contributed by atoms with Crippen LogP contribution in [0.1, 0.15) is 37.7 Å². The summed E-state index contributed by atoms with van der Waals surface area (Å²) in [4.78, 5) is 25.8. The van der Waals surface area contributed by atoms with Gasteiger partial charge in [0.05, 0.1) is 0 Å². The Morgan fingerprint density at radius 1 is 1.18 bits per heavy atom. The molecule has 1 aliphatic heterocycles. The third-order valence-electron chi connectivity index (χ3n) is 4.83. The molecule has 2 amide bonds. The minimum Gasteiger partial charge on any atom is -0.445 e. The lowest BCUT2D eigenvalue weighted by Crippen LogP contribution is -2.48. The first-order valence-electron chi connectivity index (χ1n) is 7.95. The standard InChI is InChI=1S/C17H22N2O3/c18-16(20)15-10-13-8-4-5-9-14(13)19(15)17(21)22-11-12-6-2-1-3-7-12/h1-3,6-7,13-15H,4-5,8-11H2,(H2,18,20)/t13-,14-,15-/m0/s1. The van der Waals surface area contributed by atoms with Gasteiger partial charge in [-0.05, 0) is 30.7 Å². The van der Waals surface area contributed by atoms with Gasteiger partial charge in [0.2, 0.25) is 5.91 Å². The van der Waals surface area contributed by atoms with Crippen molar-refractivity contribution in [3.63, 3.8) is 0 Å². The number of hydrogen-bond donors (Lipinski definition) is 1. The Hall–Kier alpha value is -2.04. The largest absolute Gasteiger partial charge is 0.445 e. The van der Waals surface area contributed by atoms with Crippen LogP contribution in [-0.2, 0) is 16.1 Å². The van der Waals surface area contributed by atoms with E-state index in [2.05, 4.69) is 0 Å². The zero-order valence-electron chi connectivity index (χ0n) is 12.6. The monoisotopic (exact) mass is 302 g/mol. The average molecular weight is 302 g/mol. The van der Waals surface area contributed by atoms with E-state index in [9.17, 15) is 9.59 Å². The molecule has 118 valence electrons. The summed E-state index contributed by atoms with van der Waals surface area (Å²) in [6, 6.07) is 9.14. The van der Waals surface area contributed by atoms with Crippen molar-refractivity contribution in [2.45, 2.75) is 50.8 Å². The normalized spacial score (nSPS) is 27.3. The Balaban J connectivity index is 1.69. The lowest BCUT2D eigenvalue weighted by atomic mass is 9.85. The molecule has 3 atom stereocenters. The molecule has 22 heavy (non-hydrogen) atoms. The minimum absolute atomic E-state index is 0.106. The second kappa shape index (κ2) is 6.38. The van der Waals surface area contributed by atoms with Crippen molar-refractivity contribution in [3.8, 4) is 0 Å². The molecule has 1 aromatic rings. The molecule has 2 fully saturated rings. The Labute approximate surface area is 130 Å². The number of nitrogens with two attached hydrogens (primary N) is 1. The highest BCUT2D eigenvalue weighted by Gasteiger charge is 2.47. The molecule has 1 saturated carbocycles. The van der Waals surface area contributed by atoms with E-state index in [-0.39, 0.29) is 12.6 Å². The number of likely N-dealkylation sites (tertiary alicyclic amines) is 1. The Morgan fingerprint density at radius 2 is 1.91 bits per heavy atom. The van der Waals surface area contributed by atoms with Crippen molar-refractivity contribution in [2.75, 3.05) is 0 Å². The maximum atomic E-state index is 12.5. The van der Waals surface area contributed by atoms with Crippen LogP contribution in [0.15, 0.2) is 30.3 Å². The fraction of sp³-hybridized carbons (Fsp3) is 0.529. The van der Waals surface area contributed by atoms with Crippen LogP contribution in [0.5, 0.6) is 0 Å². The Kier molecular flexibility index (Phi) is 4.32. The first-order valence-corrected chi connectivity index (χ1v) is 7.95. The number of nitrogens with zero attached hydrogens (tertiary/aromatic N) is 1. The Morgan fingerprint density at radius 3 is 2.64 bits per heavy atom. The van der Waals surface area contributed by atoms with Gasteiger partial charge in [-0.25, -0.2) is 4.79 Å². The summed E-state index contributed by atoms with van der Waals surface area (Å²) in [5.74, 6) is -0.0402. The highest BCUT2D eigenvalue weighted by Crippen LogP contribution is 2.40.